The van der Waals surface area contributed by atoms with Crippen molar-refractivity contribution in [2.45, 2.75) is 12.1 Å². The molecule has 2 unspecified atom stereocenters. The van der Waals surface area contributed by atoms with Gasteiger partial charge in [-0.05, 0) is 11.1 Å². The molecule has 3 heteroatoms. The van der Waals surface area contributed by atoms with Crippen molar-refractivity contribution < 1.29 is 4.74 Å². The summed E-state index contributed by atoms with van der Waals surface area (Å²) in [6.45, 7) is 0.521. The van der Waals surface area contributed by atoms with E-state index in [2.05, 4.69) is 53.8 Å². The van der Waals surface area contributed by atoms with Crippen LogP contribution in [-0.4, -0.2) is 19.6 Å². The van der Waals surface area contributed by atoms with Crippen LogP contribution >= 0.6 is 0 Å². The molecule has 1 aliphatic heterocycles. The molecule has 0 saturated carbocycles. The lowest BCUT2D eigenvalue weighted by Crippen LogP contribution is -2.27. The molecule has 0 amide bonds. The summed E-state index contributed by atoms with van der Waals surface area (Å²) in [5, 5.41) is 3.48. The summed E-state index contributed by atoms with van der Waals surface area (Å²) in [6, 6.07) is 21.1. The molecule has 102 valence electrons. The molecule has 0 spiro atoms. The molecule has 2 aromatic rings. The maximum absolute atomic E-state index is 5.20. The molecule has 2 aromatic carbocycles. The van der Waals surface area contributed by atoms with Crippen LogP contribution in [0.4, 0.5) is 0 Å². The SMILES string of the molecule is COCC1=NC(c2ccccc2)C(c2ccccc2)N1. The smallest absolute Gasteiger partial charge is 0.124 e. The van der Waals surface area contributed by atoms with E-state index in [-0.39, 0.29) is 12.1 Å². The third-order valence-electron chi connectivity index (χ3n) is 3.51. The number of nitrogens with one attached hydrogen (secondary N) is 1. The third-order valence-corrected chi connectivity index (χ3v) is 3.51. The lowest BCUT2D eigenvalue weighted by atomic mass is 9.95. The van der Waals surface area contributed by atoms with E-state index in [4.69, 9.17) is 9.73 Å². The first-order valence-electron chi connectivity index (χ1n) is 6.80. The Morgan fingerprint density at radius 3 is 2.15 bits per heavy atom. The van der Waals surface area contributed by atoms with E-state index >= 15 is 0 Å². The highest BCUT2D eigenvalue weighted by molar-refractivity contribution is 5.86. The molecule has 1 heterocycles. The van der Waals surface area contributed by atoms with Gasteiger partial charge in [0.05, 0.1) is 6.04 Å². The zero-order chi connectivity index (χ0) is 13.8. The molecule has 0 bridgehead atoms. The van der Waals surface area contributed by atoms with Crippen LogP contribution in [0.15, 0.2) is 65.7 Å². The Hall–Kier alpha value is -2.13. The second-order valence-corrected chi connectivity index (χ2v) is 4.90. The van der Waals surface area contributed by atoms with Gasteiger partial charge in [-0.1, -0.05) is 60.7 Å². The van der Waals surface area contributed by atoms with E-state index in [9.17, 15) is 0 Å². The Morgan fingerprint density at radius 1 is 0.950 bits per heavy atom. The van der Waals surface area contributed by atoms with Gasteiger partial charge in [0.15, 0.2) is 0 Å². The fourth-order valence-corrected chi connectivity index (χ4v) is 2.60. The van der Waals surface area contributed by atoms with Gasteiger partial charge < -0.3 is 10.1 Å². The van der Waals surface area contributed by atoms with Crippen LogP contribution in [0.2, 0.25) is 0 Å². The first-order valence-corrected chi connectivity index (χ1v) is 6.80. The van der Waals surface area contributed by atoms with E-state index in [0.717, 1.165) is 5.84 Å². The molecule has 0 saturated heterocycles. The predicted octanol–water partition coefficient (Wildman–Crippen LogP) is 3.12. The number of hydrogen-bond donors (Lipinski definition) is 1. The number of hydrogen-bond acceptors (Lipinski definition) is 3. The molecule has 1 N–H and O–H groups in total. The summed E-state index contributed by atoms with van der Waals surface area (Å²) < 4.78 is 5.20. The second kappa shape index (κ2) is 5.88. The molecule has 20 heavy (non-hydrogen) atoms. The molecule has 1 aliphatic rings. The summed E-state index contributed by atoms with van der Waals surface area (Å²) in [4.78, 5) is 4.79. The molecular formula is C17H18N2O. The summed E-state index contributed by atoms with van der Waals surface area (Å²) in [5.74, 6) is 0.912. The number of ether oxygens (including phenoxy) is 1. The molecule has 2 atom stereocenters. The lowest BCUT2D eigenvalue weighted by molar-refractivity contribution is 0.243. The summed E-state index contributed by atoms with van der Waals surface area (Å²) in [6.07, 6.45) is 0. The van der Waals surface area contributed by atoms with Crippen molar-refractivity contribution in [2.24, 2.45) is 4.99 Å². The zero-order valence-corrected chi connectivity index (χ0v) is 11.5. The largest absolute Gasteiger partial charge is 0.377 e. The summed E-state index contributed by atoms with van der Waals surface area (Å²) in [7, 11) is 1.69. The highest BCUT2D eigenvalue weighted by Gasteiger charge is 2.30. The number of methoxy groups -OCH3 is 1. The van der Waals surface area contributed by atoms with Gasteiger partial charge in [0, 0.05) is 7.11 Å². The monoisotopic (exact) mass is 266 g/mol. The Balaban J connectivity index is 1.93. The van der Waals surface area contributed by atoms with Crippen molar-refractivity contribution >= 4 is 5.84 Å². The molecule has 0 aliphatic carbocycles. The lowest BCUT2D eigenvalue weighted by Gasteiger charge is -2.19. The maximum atomic E-state index is 5.20. The Kier molecular flexibility index (Phi) is 3.79. The van der Waals surface area contributed by atoms with Crippen LogP contribution < -0.4 is 5.32 Å². The average molecular weight is 266 g/mol. The standard InChI is InChI=1S/C17H18N2O/c1-20-12-15-18-16(13-8-4-2-5-9-13)17(19-15)14-10-6-3-7-11-14/h2-11,16-17H,12H2,1H3,(H,18,19). The van der Waals surface area contributed by atoms with Crippen LogP contribution in [0, 0.1) is 0 Å². The van der Waals surface area contributed by atoms with Gasteiger partial charge in [-0.2, -0.15) is 0 Å². The van der Waals surface area contributed by atoms with Crippen molar-refractivity contribution in [3.63, 3.8) is 0 Å². The van der Waals surface area contributed by atoms with Crippen molar-refractivity contribution in [3.8, 4) is 0 Å². The first-order chi connectivity index (χ1) is 9.88. The zero-order valence-electron chi connectivity index (χ0n) is 11.5. The summed E-state index contributed by atoms with van der Waals surface area (Å²) in [5.41, 5.74) is 2.47. The summed E-state index contributed by atoms with van der Waals surface area (Å²) >= 11 is 0. The average Bonchev–Trinajstić information content (AvgIpc) is 2.93. The third kappa shape index (κ3) is 2.58. The second-order valence-electron chi connectivity index (χ2n) is 4.90. The van der Waals surface area contributed by atoms with Gasteiger partial charge in [-0.25, -0.2) is 0 Å². The van der Waals surface area contributed by atoms with E-state index in [1.54, 1.807) is 7.11 Å². The Morgan fingerprint density at radius 2 is 1.55 bits per heavy atom. The Bertz CT molecular complexity index is 580. The molecule has 3 rings (SSSR count). The van der Waals surface area contributed by atoms with Crippen molar-refractivity contribution in [1.29, 1.82) is 0 Å². The quantitative estimate of drug-likeness (QED) is 0.922. The highest BCUT2D eigenvalue weighted by atomic mass is 16.5. The van der Waals surface area contributed by atoms with E-state index in [1.165, 1.54) is 11.1 Å². The van der Waals surface area contributed by atoms with Crippen molar-refractivity contribution in [2.75, 3.05) is 13.7 Å². The van der Waals surface area contributed by atoms with Crippen molar-refractivity contribution in [1.82, 2.24) is 5.32 Å². The minimum atomic E-state index is 0.101. The minimum Gasteiger partial charge on any atom is -0.377 e. The van der Waals surface area contributed by atoms with Crippen LogP contribution in [0.5, 0.6) is 0 Å². The highest BCUT2D eigenvalue weighted by Crippen LogP contribution is 2.35. The number of rotatable bonds is 4. The number of amidine groups is 1. The topological polar surface area (TPSA) is 33.6 Å². The Labute approximate surface area is 119 Å². The van der Waals surface area contributed by atoms with Crippen LogP contribution in [0.1, 0.15) is 23.2 Å². The van der Waals surface area contributed by atoms with Gasteiger partial charge in [0.2, 0.25) is 0 Å². The maximum Gasteiger partial charge on any atom is 0.124 e. The van der Waals surface area contributed by atoms with Gasteiger partial charge in [0.25, 0.3) is 0 Å². The van der Waals surface area contributed by atoms with Crippen LogP contribution in [0.25, 0.3) is 0 Å². The van der Waals surface area contributed by atoms with Gasteiger partial charge in [-0.15, -0.1) is 0 Å². The van der Waals surface area contributed by atoms with E-state index in [0.29, 0.717) is 6.61 Å². The fourth-order valence-electron chi connectivity index (χ4n) is 2.60. The molecule has 0 fully saturated rings. The fraction of sp³-hybridized carbons (Fsp3) is 0.235. The molecule has 0 aromatic heterocycles. The van der Waals surface area contributed by atoms with Gasteiger partial charge >= 0.3 is 0 Å². The van der Waals surface area contributed by atoms with E-state index < -0.39 is 0 Å². The number of nitrogens with zero attached hydrogens (tertiary/aromatic N) is 1. The van der Waals surface area contributed by atoms with Crippen LogP contribution in [-0.2, 0) is 4.74 Å². The molecule has 0 radical (unpaired) electrons. The van der Waals surface area contributed by atoms with Gasteiger partial charge in [0.1, 0.15) is 18.5 Å². The van der Waals surface area contributed by atoms with Crippen molar-refractivity contribution in [3.05, 3.63) is 71.8 Å². The molecule has 3 nitrogen and oxygen atoms in total. The number of aliphatic imine (C=N–C) groups is 1. The normalized spacial score (nSPS) is 21.4. The van der Waals surface area contributed by atoms with Crippen LogP contribution in [0.3, 0.4) is 0 Å². The predicted molar refractivity (Wildman–Crippen MR) is 80.8 cm³/mol. The number of benzene rings is 2. The molecular weight excluding hydrogens is 248 g/mol. The first kappa shape index (κ1) is 12.9. The minimum absolute atomic E-state index is 0.101. The van der Waals surface area contributed by atoms with E-state index in [1.807, 2.05) is 12.1 Å². The van der Waals surface area contributed by atoms with Gasteiger partial charge in [-0.3, -0.25) is 4.99 Å².